The second kappa shape index (κ2) is 2.59. The first-order chi connectivity index (χ1) is 4.86. The average molecular weight is 215 g/mol. The van der Waals surface area contributed by atoms with Gasteiger partial charge in [0.25, 0.3) is 0 Å². The lowest BCUT2D eigenvalue weighted by atomic mass is 10.2. The van der Waals surface area contributed by atoms with Crippen molar-refractivity contribution in [2.45, 2.75) is 11.3 Å². The van der Waals surface area contributed by atoms with Crippen LogP contribution >= 0.6 is 27.7 Å². The molecular formula is C8H7BrS. The zero-order valence-electron chi connectivity index (χ0n) is 5.43. The Balaban J connectivity index is 2.52. The van der Waals surface area contributed by atoms with E-state index in [0.717, 1.165) is 0 Å². The fourth-order valence-corrected chi connectivity index (χ4v) is 2.62. The number of hydrogen-bond donors (Lipinski definition) is 0. The molecule has 0 aromatic heterocycles. The Hall–Kier alpha value is 0.0500. The normalized spacial score (nSPS) is 15.3. The molecule has 1 heterocycles. The van der Waals surface area contributed by atoms with Gasteiger partial charge in [-0.3, -0.25) is 0 Å². The first-order valence-electron chi connectivity index (χ1n) is 3.27. The Bertz CT molecular complexity index is 257. The van der Waals surface area contributed by atoms with Gasteiger partial charge in [0.05, 0.1) is 0 Å². The number of halogens is 1. The maximum Gasteiger partial charge on any atom is 0.0178 e. The van der Waals surface area contributed by atoms with Crippen molar-refractivity contribution in [1.29, 1.82) is 0 Å². The van der Waals surface area contributed by atoms with Crippen molar-refractivity contribution in [3.63, 3.8) is 0 Å². The SMILES string of the molecule is Brc1ccc2c(c1)CCS2. The maximum atomic E-state index is 3.46. The Morgan fingerprint density at radius 2 is 2.30 bits per heavy atom. The van der Waals surface area contributed by atoms with Gasteiger partial charge in [-0.1, -0.05) is 15.9 Å². The topological polar surface area (TPSA) is 0 Å². The Kier molecular flexibility index (Phi) is 1.75. The lowest BCUT2D eigenvalue weighted by Gasteiger charge is -1.96. The average Bonchev–Trinajstić information content (AvgIpc) is 2.33. The molecule has 0 amide bonds. The molecule has 10 heavy (non-hydrogen) atoms. The van der Waals surface area contributed by atoms with Gasteiger partial charge >= 0.3 is 0 Å². The van der Waals surface area contributed by atoms with Crippen LogP contribution in [0.5, 0.6) is 0 Å². The third-order valence-electron chi connectivity index (χ3n) is 1.65. The summed E-state index contributed by atoms with van der Waals surface area (Å²) in [6.45, 7) is 0. The molecule has 0 bridgehead atoms. The molecule has 0 N–H and O–H groups in total. The van der Waals surface area contributed by atoms with Crippen LogP contribution in [-0.4, -0.2) is 5.75 Å². The highest BCUT2D eigenvalue weighted by molar-refractivity contribution is 9.10. The largest absolute Gasteiger partial charge is 0.126 e. The molecule has 1 aromatic carbocycles. The van der Waals surface area contributed by atoms with Gasteiger partial charge in [0.2, 0.25) is 0 Å². The van der Waals surface area contributed by atoms with Crippen molar-refractivity contribution in [3.8, 4) is 0 Å². The molecule has 1 aliphatic rings. The maximum absolute atomic E-state index is 3.46. The summed E-state index contributed by atoms with van der Waals surface area (Å²) < 4.78 is 1.20. The second-order valence-electron chi connectivity index (χ2n) is 2.35. The standard InChI is InChI=1S/C8H7BrS/c9-7-1-2-8-6(5-7)3-4-10-8/h1-2,5H,3-4H2. The molecule has 0 aliphatic carbocycles. The number of thioether (sulfide) groups is 1. The van der Waals surface area contributed by atoms with E-state index in [1.807, 2.05) is 11.8 Å². The van der Waals surface area contributed by atoms with Crippen LogP contribution in [0, 0.1) is 0 Å². The van der Waals surface area contributed by atoms with Crippen LogP contribution < -0.4 is 0 Å². The molecule has 0 unspecified atom stereocenters. The number of hydrogen-bond acceptors (Lipinski definition) is 1. The molecule has 0 saturated carbocycles. The van der Waals surface area contributed by atoms with Crippen LogP contribution in [0.4, 0.5) is 0 Å². The third-order valence-corrected chi connectivity index (χ3v) is 3.26. The van der Waals surface area contributed by atoms with Gasteiger partial charge in [0, 0.05) is 15.1 Å². The van der Waals surface area contributed by atoms with Crippen molar-refractivity contribution < 1.29 is 0 Å². The van der Waals surface area contributed by atoms with Crippen LogP contribution in [0.1, 0.15) is 5.56 Å². The molecule has 0 spiro atoms. The Morgan fingerprint density at radius 3 is 3.20 bits per heavy atom. The summed E-state index contributed by atoms with van der Waals surface area (Å²) in [6.07, 6.45) is 1.24. The number of benzene rings is 1. The predicted octanol–water partition coefficient (Wildman–Crippen LogP) is 3.10. The summed E-state index contributed by atoms with van der Waals surface area (Å²) >= 11 is 5.41. The molecule has 1 aromatic rings. The van der Waals surface area contributed by atoms with E-state index in [1.165, 1.54) is 27.1 Å². The van der Waals surface area contributed by atoms with Crippen LogP contribution in [0.15, 0.2) is 27.6 Å². The molecule has 1 aliphatic heterocycles. The third kappa shape index (κ3) is 1.10. The van der Waals surface area contributed by atoms with E-state index in [4.69, 9.17) is 0 Å². The minimum atomic E-state index is 1.20. The molecule has 2 heteroatoms. The van der Waals surface area contributed by atoms with Gasteiger partial charge < -0.3 is 0 Å². The van der Waals surface area contributed by atoms with E-state index in [9.17, 15) is 0 Å². The lowest BCUT2D eigenvalue weighted by molar-refractivity contribution is 1.14. The predicted molar refractivity (Wildman–Crippen MR) is 48.6 cm³/mol. The van der Waals surface area contributed by atoms with Crippen LogP contribution in [0.25, 0.3) is 0 Å². The summed E-state index contributed by atoms with van der Waals surface area (Å²) in [5, 5.41) is 0. The van der Waals surface area contributed by atoms with E-state index in [2.05, 4.69) is 34.1 Å². The minimum Gasteiger partial charge on any atom is -0.126 e. The van der Waals surface area contributed by atoms with Crippen LogP contribution in [-0.2, 0) is 6.42 Å². The van der Waals surface area contributed by atoms with Crippen molar-refractivity contribution in [2.75, 3.05) is 5.75 Å². The van der Waals surface area contributed by atoms with Gasteiger partial charge in [0.1, 0.15) is 0 Å². The smallest absolute Gasteiger partial charge is 0.0178 e. The fourth-order valence-electron chi connectivity index (χ4n) is 1.16. The van der Waals surface area contributed by atoms with E-state index in [1.54, 1.807) is 0 Å². The van der Waals surface area contributed by atoms with Crippen molar-refractivity contribution >= 4 is 27.7 Å². The zero-order chi connectivity index (χ0) is 6.97. The zero-order valence-corrected chi connectivity index (χ0v) is 7.83. The molecule has 0 nitrogen and oxygen atoms in total. The number of aryl methyl sites for hydroxylation is 1. The first kappa shape index (κ1) is 6.74. The van der Waals surface area contributed by atoms with Gasteiger partial charge in [-0.05, 0) is 30.2 Å². The van der Waals surface area contributed by atoms with Gasteiger partial charge in [-0.25, -0.2) is 0 Å². The molecular weight excluding hydrogens is 208 g/mol. The molecule has 0 saturated heterocycles. The highest BCUT2D eigenvalue weighted by Crippen LogP contribution is 2.32. The van der Waals surface area contributed by atoms with Crippen molar-refractivity contribution in [1.82, 2.24) is 0 Å². The number of rotatable bonds is 0. The summed E-state index contributed by atoms with van der Waals surface area (Å²) in [4.78, 5) is 1.46. The van der Waals surface area contributed by atoms with E-state index in [0.29, 0.717) is 0 Å². The molecule has 2 rings (SSSR count). The quantitative estimate of drug-likeness (QED) is 0.640. The summed E-state index contributed by atoms with van der Waals surface area (Å²) in [6, 6.07) is 6.52. The highest BCUT2D eigenvalue weighted by atomic mass is 79.9. The first-order valence-corrected chi connectivity index (χ1v) is 5.05. The van der Waals surface area contributed by atoms with Crippen LogP contribution in [0.3, 0.4) is 0 Å². The molecule has 0 fully saturated rings. The fraction of sp³-hybridized carbons (Fsp3) is 0.250. The summed E-state index contributed by atoms with van der Waals surface area (Å²) in [7, 11) is 0. The molecule has 52 valence electrons. The Morgan fingerprint density at radius 1 is 1.40 bits per heavy atom. The summed E-state index contributed by atoms with van der Waals surface area (Å²) in [5.41, 5.74) is 1.50. The van der Waals surface area contributed by atoms with Gasteiger partial charge in [-0.2, -0.15) is 0 Å². The van der Waals surface area contributed by atoms with Crippen LogP contribution in [0.2, 0.25) is 0 Å². The molecule has 0 radical (unpaired) electrons. The Labute approximate surface area is 73.1 Å². The van der Waals surface area contributed by atoms with Crippen molar-refractivity contribution in [2.24, 2.45) is 0 Å². The molecule has 0 atom stereocenters. The minimum absolute atomic E-state index is 1.20. The van der Waals surface area contributed by atoms with E-state index in [-0.39, 0.29) is 0 Å². The monoisotopic (exact) mass is 214 g/mol. The summed E-state index contributed by atoms with van der Waals surface area (Å²) in [5.74, 6) is 1.26. The van der Waals surface area contributed by atoms with Crippen molar-refractivity contribution in [3.05, 3.63) is 28.2 Å². The highest BCUT2D eigenvalue weighted by Gasteiger charge is 2.09. The van der Waals surface area contributed by atoms with Gasteiger partial charge in [0.15, 0.2) is 0 Å². The second-order valence-corrected chi connectivity index (χ2v) is 4.40. The lowest BCUT2D eigenvalue weighted by Crippen LogP contribution is -1.78. The van der Waals surface area contributed by atoms with E-state index >= 15 is 0 Å². The van der Waals surface area contributed by atoms with E-state index < -0.39 is 0 Å². The van der Waals surface area contributed by atoms with Gasteiger partial charge in [-0.15, -0.1) is 11.8 Å². The number of fused-ring (bicyclic) bond motifs is 1.